The molecule has 1 fully saturated rings. The van der Waals surface area contributed by atoms with Gasteiger partial charge in [-0.05, 0) is 31.8 Å². The Kier molecular flexibility index (Phi) is 3.87. The van der Waals surface area contributed by atoms with Crippen LogP contribution in [0, 0.1) is 5.92 Å². The largest absolute Gasteiger partial charge is 0.396 e. The van der Waals surface area contributed by atoms with Crippen LogP contribution in [0.15, 0.2) is 0 Å². The van der Waals surface area contributed by atoms with E-state index < -0.39 is 0 Å². The number of likely N-dealkylation sites (tertiary alicyclic amines) is 1. The molecule has 1 aliphatic rings. The van der Waals surface area contributed by atoms with Crippen LogP contribution in [0.5, 0.6) is 0 Å². The Morgan fingerprint density at radius 2 is 1.91 bits per heavy atom. The number of hydrogen-bond acceptors (Lipinski definition) is 2. The summed E-state index contributed by atoms with van der Waals surface area (Å²) in [6.45, 7) is 6.00. The number of aliphatic hydroxyl groups excluding tert-OH is 1. The van der Waals surface area contributed by atoms with Crippen molar-refractivity contribution in [2.24, 2.45) is 5.92 Å². The van der Waals surface area contributed by atoms with Crippen LogP contribution in [0.3, 0.4) is 0 Å². The first kappa shape index (κ1) is 9.01. The smallest absolute Gasteiger partial charge is 0.0468 e. The molecule has 0 aromatic carbocycles. The highest BCUT2D eigenvalue weighted by atomic mass is 16.3. The molecule has 11 heavy (non-hydrogen) atoms. The Balaban J connectivity index is 2.13. The lowest BCUT2D eigenvalue weighted by molar-refractivity contribution is 0.156. The summed E-state index contributed by atoms with van der Waals surface area (Å²) in [4.78, 5) is 2.46. The van der Waals surface area contributed by atoms with Crippen molar-refractivity contribution < 1.29 is 5.11 Å². The zero-order valence-corrected chi connectivity index (χ0v) is 7.42. The predicted octanol–water partition coefficient (Wildman–Crippen LogP) is 1.10. The zero-order valence-electron chi connectivity index (χ0n) is 7.42. The van der Waals surface area contributed by atoms with Gasteiger partial charge in [0.15, 0.2) is 0 Å². The van der Waals surface area contributed by atoms with Crippen molar-refractivity contribution in [3.05, 3.63) is 0 Å². The number of piperidine rings is 1. The van der Waals surface area contributed by atoms with Gasteiger partial charge in [-0.15, -0.1) is 0 Å². The van der Waals surface area contributed by atoms with E-state index in [9.17, 15) is 0 Å². The molecule has 0 spiro atoms. The highest BCUT2D eigenvalue weighted by molar-refractivity contribution is 4.66. The molecule has 0 aliphatic carbocycles. The van der Waals surface area contributed by atoms with E-state index in [2.05, 4.69) is 11.8 Å². The molecule has 0 saturated carbocycles. The molecular formula is C9H19NO. The molecule has 1 saturated heterocycles. The van der Waals surface area contributed by atoms with Crippen molar-refractivity contribution in [2.75, 3.05) is 26.2 Å². The van der Waals surface area contributed by atoms with E-state index >= 15 is 0 Å². The maximum absolute atomic E-state index is 8.84. The van der Waals surface area contributed by atoms with E-state index in [-0.39, 0.29) is 0 Å². The Morgan fingerprint density at radius 1 is 1.27 bits per heavy atom. The van der Waals surface area contributed by atoms with Gasteiger partial charge in [-0.1, -0.05) is 13.3 Å². The standard InChI is InChI=1S/C9H19NO/c1-9(8-11)7-10-5-3-2-4-6-10/h9,11H,2-8H2,1H3/t9-/m0/s1. The van der Waals surface area contributed by atoms with Gasteiger partial charge in [-0.2, -0.15) is 0 Å². The fourth-order valence-electron chi connectivity index (χ4n) is 1.64. The fraction of sp³-hybridized carbons (Fsp3) is 1.00. The lowest BCUT2D eigenvalue weighted by Gasteiger charge is -2.28. The molecule has 1 atom stereocenters. The van der Waals surface area contributed by atoms with Crippen molar-refractivity contribution in [1.29, 1.82) is 0 Å². The third-order valence-corrected chi connectivity index (χ3v) is 2.33. The molecule has 1 rings (SSSR count). The summed E-state index contributed by atoms with van der Waals surface area (Å²) >= 11 is 0. The lowest BCUT2D eigenvalue weighted by atomic mass is 10.1. The quantitative estimate of drug-likeness (QED) is 0.663. The summed E-state index contributed by atoms with van der Waals surface area (Å²) in [6, 6.07) is 0. The SMILES string of the molecule is C[C@H](CO)CN1CCCCC1. The summed E-state index contributed by atoms with van der Waals surface area (Å²) < 4.78 is 0. The van der Waals surface area contributed by atoms with Crippen LogP contribution in [-0.2, 0) is 0 Å². The molecule has 0 aromatic heterocycles. The lowest BCUT2D eigenvalue weighted by Crippen LogP contribution is -2.34. The van der Waals surface area contributed by atoms with Gasteiger partial charge in [-0.3, -0.25) is 0 Å². The minimum atomic E-state index is 0.330. The molecule has 1 heterocycles. The van der Waals surface area contributed by atoms with E-state index in [4.69, 9.17) is 5.11 Å². The molecule has 1 aliphatic heterocycles. The Morgan fingerprint density at radius 3 is 2.45 bits per heavy atom. The summed E-state index contributed by atoms with van der Waals surface area (Å²) in [5.41, 5.74) is 0. The van der Waals surface area contributed by atoms with Crippen LogP contribution in [-0.4, -0.2) is 36.2 Å². The predicted molar refractivity (Wildman–Crippen MR) is 46.5 cm³/mol. The minimum Gasteiger partial charge on any atom is -0.396 e. The van der Waals surface area contributed by atoms with Gasteiger partial charge < -0.3 is 10.0 Å². The average Bonchev–Trinajstić information content (AvgIpc) is 2.06. The average molecular weight is 157 g/mol. The highest BCUT2D eigenvalue weighted by Crippen LogP contribution is 2.10. The molecule has 1 N–H and O–H groups in total. The van der Waals surface area contributed by atoms with Crippen molar-refractivity contribution in [2.45, 2.75) is 26.2 Å². The van der Waals surface area contributed by atoms with Crippen LogP contribution < -0.4 is 0 Å². The summed E-state index contributed by atoms with van der Waals surface area (Å²) in [5.74, 6) is 0.452. The molecule has 2 heteroatoms. The van der Waals surface area contributed by atoms with E-state index in [1.807, 2.05) is 0 Å². The van der Waals surface area contributed by atoms with Gasteiger partial charge in [0.05, 0.1) is 0 Å². The van der Waals surface area contributed by atoms with Crippen molar-refractivity contribution >= 4 is 0 Å². The van der Waals surface area contributed by atoms with Gasteiger partial charge >= 0.3 is 0 Å². The molecule has 0 aromatic rings. The molecule has 66 valence electrons. The molecule has 0 unspecified atom stereocenters. The zero-order chi connectivity index (χ0) is 8.10. The van der Waals surface area contributed by atoms with Gasteiger partial charge in [0, 0.05) is 13.2 Å². The van der Waals surface area contributed by atoms with Crippen molar-refractivity contribution in [3.8, 4) is 0 Å². The first-order valence-electron chi connectivity index (χ1n) is 4.66. The van der Waals surface area contributed by atoms with Gasteiger partial charge in [0.1, 0.15) is 0 Å². The van der Waals surface area contributed by atoms with Crippen LogP contribution in [0.2, 0.25) is 0 Å². The van der Waals surface area contributed by atoms with E-state index in [1.54, 1.807) is 0 Å². The maximum atomic E-state index is 8.84. The van der Waals surface area contributed by atoms with Gasteiger partial charge in [-0.25, -0.2) is 0 Å². The topological polar surface area (TPSA) is 23.5 Å². The third-order valence-electron chi connectivity index (χ3n) is 2.33. The first-order valence-corrected chi connectivity index (χ1v) is 4.66. The Labute approximate surface area is 69.2 Å². The third kappa shape index (κ3) is 3.21. The first-order chi connectivity index (χ1) is 5.33. The second kappa shape index (κ2) is 4.73. The highest BCUT2D eigenvalue weighted by Gasteiger charge is 2.12. The maximum Gasteiger partial charge on any atom is 0.0468 e. The molecule has 2 nitrogen and oxygen atoms in total. The van der Waals surface area contributed by atoms with Crippen LogP contribution in [0.1, 0.15) is 26.2 Å². The molecular weight excluding hydrogens is 138 g/mol. The summed E-state index contributed by atoms with van der Waals surface area (Å²) in [7, 11) is 0. The molecule has 0 amide bonds. The van der Waals surface area contributed by atoms with E-state index in [0.29, 0.717) is 12.5 Å². The monoisotopic (exact) mass is 157 g/mol. The minimum absolute atomic E-state index is 0.330. The van der Waals surface area contributed by atoms with Crippen LogP contribution >= 0.6 is 0 Å². The Bertz CT molecular complexity index is 99.7. The van der Waals surface area contributed by atoms with Crippen molar-refractivity contribution in [3.63, 3.8) is 0 Å². The van der Waals surface area contributed by atoms with E-state index in [1.165, 1.54) is 32.4 Å². The molecule has 0 bridgehead atoms. The fourth-order valence-corrected chi connectivity index (χ4v) is 1.64. The number of nitrogens with zero attached hydrogens (tertiary/aromatic N) is 1. The normalized spacial score (nSPS) is 23.5. The number of hydrogen-bond donors (Lipinski definition) is 1. The second-order valence-corrected chi connectivity index (χ2v) is 3.65. The summed E-state index contributed by atoms with van der Waals surface area (Å²) in [6.07, 6.45) is 4.08. The van der Waals surface area contributed by atoms with Gasteiger partial charge in [0.2, 0.25) is 0 Å². The summed E-state index contributed by atoms with van der Waals surface area (Å²) in [5, 5.41) is 8.84. The Hall–Kier alpha value is -0.0800. The number of aliphatic hydroxyl groups is 1. The number of rotatable bonds is 3. The molecule has 0 radical (unpaired) electrons. The van der Waals surface area contributed by atoms with Crippen molar-refractivity contribution in [1.82, 2.24) is 4.90 Å². The van der Waals surface area contributed by atoms with Crippen LogP contribution in [0.4, 0.5) is 0 Å². The second-order valence-electron chi connectivity index (χ2n) is 3.65. The van der Waals surface area contributed by atoms with E-state index in [0.717, 1.165) is 6.54 Å². The van der Waals surface area contributed by atoms with Gasteiger partial charge in [0.25, 0.3) is 0 Å². The van der Waals surface area contributed by atoms with Crippen LogP contribution in [0.25, 0.3) is 0 Å².